The molecule has 2 N–H and O–H groups in total. The molecule has 0 heterocycles. The van der Waals surface area contributed by atoms with Crippen LogP contribution in [0.4, 0.5) is 13.2 Å². The molecule has 1 unspecified atom stereocenters. The zero-order chi connectivity index (χ0) is 17.3. The number of carbonyl (C=O) groups excluding carboxylic acids is 1. The summed E-state index contributed by atoms with van der Waals surface area (Å²) in [5.41, 5.74) is 7.13. The van der Waals surface area contributed by atoms with E-state index in [2.05, 4.69) is 0 Å². The second kappa shape index (κ2) is 6.30. The highest BCUT2D eigenvalue weighted by molar-refractivity contribution is 5.82. The Morgan fingerprint density at radius 1 is 1.12 bits per heavy atom. The smallest absolute Gasteiger partial charge is 0.369 e. The lowest BCUT2D eigenvalue weighted by Crippen LogP contribution is -2.23. The van der Waals surface area contributed by atoms with Crippen molar-refractivity contribution < 1.29 is 18.0 Å². The predicted molar refractivity (Wildman–Crippen MR) is 85.5 cm³/mol. The molecular formula is C19H18F3NO. The minimum atomic E-state index is -4.44. The summed E-state index contributed by atoms with van der Waals surface area (Å²) >= 11 is 0. The molecule has 1 fully saturated rings. The second-order valence-electron chi connectivity index (χ2n) is 6.30. The highest BCUT2D eigenvalue weighted by Crippen LogP contribution is 2.40. The number of rotatable bonds is 5. The SMILES string of the molecule is NC(=O)C(Cc1ccc(C2CC2)cc1)c1cccc(C(F)(F)F)c1. The molecule has 1 aliphatic rings. The van der Waals surface area contributed by atoms with E-state index in [0.717, 1.165) is 17.7 Å². The zero-order valence-corrected chi connectivity index (χ0v) is 13.0. The third kappa shape index (κ3) is 3.78. The van der Waals surface area contributed by atoms with Crippen LogP contribution in [0.1, 0.15) is 46.9 Å². The van der Waals surface area contributed by atoms with Gasteiger partial charge in [0.1, 0.15) is 0 Å². The van der Waals surface area contributed by atoms with Gasteiger partial charge in [0.2, 0.25) is 5.91 Å². The van der Waals surface area contributed by atoms with Gasteiger partial charge in [-0.25, -0.2) is 0 Å². The lowest BCUT2D eigenvalue weighted by molar-refractivity contribution is -0.137. The van der Waals surface area contributed by atoms with Crippen LogP contribution in [-0.2, 0) is 17.4 Å². The lowest BCUT2D eigenvalue weighted by Gasteiger charge is -2.16. The molecule has 0 radical (unpaired) electrons. The third-order valence-electron chi connectivity index (χ3n) is 4.43. The topological polar surface area (TPSA) is 43.1 Å². The molecule has 5 heteroatoms. The Morgan fingerprint density at radius 2 is 1.79 bits per heavy atom. The molecule has 0 aromatic heterocycles. The summed E-state index contributed by atoms with van der Waals surface area (Å²) in [4.78, 5) is 11.8. The number of hydrogen-bond donors (Lipinski definition) is 1. The number of hydrogen-bond acceptors (Lipinski definition) is 1. The zero-order valence-electron chi connectivity index (χ0n) is 13.0. The Labute approximate surface area is 138 Å². The van der Waals surface area contributed by atoms with Gasteiger partial charge in [0.05, 0.1) is 11.5 Å². The van der Waals surface area contributed by atoms with E-state index in [0.29, 0.717) is 17.9 Å². The van der Waals surface area contributed by atoms with Crippen LogP contribution in [-0.4, -0.2) is 5.91 Å². The number of amides is 1. The first-order chi connectivity index (χ1) is 11.3. The van der Waals surface area contributed by atoms with Crippen molar-refractivity contribution in [1.82, 2.24) is 0 Å². The molecule has 2 aromatic rings. The van der Waals surface area contributed by atoms with Crippen molar-refractivity contribution in [2.45, 2.75) is 37.3 Å². The van der Waals surface area contributed by atoms with Crippen LogP contribution in [0.3, 0.4) is 0 Å². The second-order valence-corrected chi connectivity index (χ2v) is 6.30. The molecule has 0 saturated heterocycles. The third-order valence-corrected chi connectivity index (χ3v) is 4.43. The van der Waals surface area contributed by atoms with Crippen LogP contribution in [0, 0.1) is 0 Å². The van der Waals surface area contributed by atoms with Crippen molar-refractivity contribution in [3.05, 3.63) is 70.8 Å². The van der Waals surface area contributed by atoms with Crippen LogP contribution in [0.2, 0.25) is 0 Å². The quantitative estimate of drug-likeness (QED) is 0.866. The number of carbonyl (C=O) groups is 1. The van der Waals surface area contributed by atoms with Gasteiger partial charge in [0.25, 0.3) is 0 Å². The van der Waals surface area contributed by atoms with Crippen molar-refractivity contribution in [1.29, 1.82) is 0 Å². The van der Waals surface area contributed by atoms with E-state index in [4.69, 9.17) is 5.73 Å². The molecule has 2 nitrogen and oxygen atoms in total. The molecular weight excluding hydrogens is 315 g/mol. The molecule has 0 spiro atoms. The first-order valence-electron chi connectivity index (χ1n) is 7.90. The molecule has 126 valence electrons. The largest absolute Gasteiger partial charge is 0.416 e. The highest BCUT2D eigenvalue weighted by Gasteiger charge is 2.31. The highest BCUT2D eigenvalue weighted by atomic mass is 19.4. The number of benzene rings is 2. The van der Waals surface area contributed by atoms with Gasteiger partial charge >= 0.3 is 6.18 Å². The van der Waals surface area contributed by atoms with E-state index in [1.807, 2.05) is 24.3 Å². The monoisotopic (exact) mass is 333 g/mol. The van der Waals surface area contributed by atoms with E-state index in [9.17, 15) is 18.0 Å². The molecule has 1 amide bonds. The van der Waals surface area contributed by atoms with Crippen molar-refractivity contribution >= 4 is 5.91 Å². The summed E-state index contributed by atoms with van der Waals surface area (Å²) in [5, 5.41) is 0. The van der Waals surface area contributed by atoms with Gasteiger partial charge in [0.15, 0.2) is 0 Å². The van der Waals surface area contributed by atoms with Gasteiger partial charge in [-0.1, -0.05) is 42.5 Å². The fourth-order valence-electron chi connectivity index (χ4n) is 2.89. The Bertz CT molecular complexity index is 733. The van der Waals surface area contributed by atoms with E-state index < -0.39 is 23.6 Å². The minimum absolute atomic E-state index is 0.293. The molecule has 0 aliphatic heterocycles. The van der Waals surface area contributed by atoms with E-state index in [1.165, 1.54) is 30.5 Å². The van der Waals surface area contributed by atoms with Crippen LogP contribution < -0.4 is 5.73 Å². The van der Waals surface area contributed by atoms with Crippen LogP contribution in [0.5, 0.6) is 0 Å². The van der Waals surface area contributed by atoms with Crippen LogP contribution in [0.25, 0.3) is 0 Å². The Kier molecular flexibility index (Phi) is 4.35. The van der Waals surface area contributed by atoms with Gasteiger partial charge in [-0.05, 0) is 47.9 Å². The maximum Gasteiger partial charge on any atom is 0.416 e. The van der Waals surface area contributed by atoms with Crippen molar-refractivity contribution in [2.75, 3.05) is 0 Å². The fourth-order valence-corrected chi connectivity index (χ4v) is 2.89. The van der Waals surface area contributed by atoms with Crippen molar-refractivity contribution in [2.24, 2.45) is 5.73 Å². The standard InChI is InChI=1S/C19H18F3NO/c20-19(21,22)16-3-1-2-15(11-16)17(18(23)24)10-12-4-6-13(7-5-12)14-8-9-14/h1-7,11,14,17H,8-10H2,(H2,23,24). The Morgan fingerprint density at radius 3 is 2.33 bits per heavy atom. The van der Waals surface area contributed by atoms with Gasteiger partial charge < -0.3 is 5.73 Å². The summed E-state index contributed by atoms with van der Waals surface area (Å²) in [5.74, 6) is -0.769. The molecule has 0 bridgehead atoms. The Hall–Kier alpha value is -2.30. The molecule has 1 saturated carbocycles. The average molecular weight is 333 g/mol. The number of primary amides is 1. The molecule has 2 aromatic carbocycles. The van der Waals surface area contributed by atoms with E-state index in [-0.39, 0.29) is 0 Å². The van der Waals surface area contributed by atoms with Crippen molar-refractivity contribution in [3.8, 4) is 0 Å². The first-order valence-corrected chi connectivity index (χ1v) is 7.90. The normalized spacial score (nSPS) is 16.0. The van der Waals surface area contributed by atoms with Gasteiger partial charge in [-0.2, -0.15) is 13.2 Å². The van der Waals surface area contributed by atoms with Gasteiger partial charge in [0, 0.05) is 0 Å². The van der Waals surface area contributed by atoms with E-state index >= 15 is 0 Å². The molecule has 24 heavy (non-hydrogen) atoms. The minimum Gasteiger partial charge on any atom is -0.369 e. The van der Waals surface area contributed by atoms with Crippen LogP contribution in [0.15, 0.2) is 48.5 Å². The fraction of sp³-hybridized carbons (Fsp3) is 0.316. The summed E-state index contributed by atoms with van der Waals surface area (Å²) < 4.78 is 38.6. The molecule has 1 aliphatic carbocycles. The summed E-state index contributed by atoms with van der Waals surface area (Å²) in [7, 11) is 0. The lowest BCUT2D eigenvalue weighted by atomic mass is 9.90. The number of halogens is 3. The van der Waals surface area contributed by atoms with Crippen molar-refractivity contribution in [3.63, 3.8) is 0 Å². The summed E-state index contributed by atoms with van der Waals surface area (Å²) in [6.45, 7) is 0. The van der Waals surface area contributed by atoms with E-state index in [1.54, 1.807) is 0 Å². The molecule has 3 rings (SSSR count). The summed E-state index contributed by atoms with van der Waals surface area (Å²) in [6, 6.07) is 12.7. The number of nitrogens with two attached hydrogens (primary N) is 1. The first kappa shape index (κ1) is 16.6. The van der Waals surface area contributed by atoms with Gasteiger partial charge in [-0.3, -0.25) is 4.79 Å². The summed E-state index contributed by atoms with van der Waals surface area (Å²) in [6.07, 6.45) is -1.74. The molecule has 1 atom stereocenters. The number of alkyl halides is 3. The maximum absolute atomic E-state index is 12.9. The maximum atomic E-state index is 12.9. The predicted octanol–water partition coefficient (Wildman–Crippen LogP) is 4.39. The average Bonchev–Trinajstić information content (AvgIpc) is 3.37. The van der Waals surface area contributed by atoms with Crippen LogP contribution >= 0.6 is 0 Å². The Balaban J connectivity index is 1.83. The van der Waals surface area contributed by atoms with Gasteiger partial charge in [-0.15, -0.1) is 0 Å².